The summed E-state index contributed by atoms with van der Waals surface area (Å²) in [6.07, 6.45) is 1.73. The molecule has 0 atom stereocenters. The van der Waals surface area contributed by atoms with E-state index in [0.717, 1.165) is 20.4 Å². The number of nitrogens with one attached hydrogen (secondary N) is 2. The average molecular weight is 322 g/mol. The van der Waals surface area contributed by atoms with Crippen molar-refractivity contribution in [3.63, 3.8) is 0 Å². The van der Waals surface area contributed by atoms with Gasteiger partial charge in [0, 0.05) is 5.39 Å². The molecule has 0 unspecified atom stereocenters. The number of rotatable bonds is 2. The SMILES string of the molecule is O=C(Nc1cccc2cn[nH]c12)c1ccc(Br)s1. The monoisotopic (exact) mass is 321 g/mol. The third-order valence-corrected chi connectivity index (χ3v) is 4.14. The first-order valence-corrected chi connectivity index (χ1v) is 6.84. The smallest absolute Gasteiger partial charge is 0.265 e. The van der Waals surface area contributed by atoms with Gasteiger partial charge in [-0.15, -0.1) is 11.3 Å². The molecule has 1 aromatic carbocycles. The standard InChI is InChI=1S/C12H8BrN3OS/c13-10-5-4-9(18-10)12(17)15-8-3-1-2-7-6-14-16-11(7)8/h1-6H,(H,14,16)(H,15,17). The molecule has 1 amide bonds. The quantitative estimate of drug-likeness (QED) is 0.757. The minimum atomic E-state index is -0.118. The first-order chi connectivity index (χ1) is 8.74. The lowest BCUT2D eigenvalue weighted by Crippen LogP contribution is -2.10. The number of aromatic amines is 1. The van der Waals surface area contributed by atoms with E-state index in [9.17, 15) is 4.79 Å². The molecule has 0 aliphatic heterocycles. The molecule has 0 aliphatic rings. The normalized spacial score (nSPS) is 10.7. The van der Waals surface area contributed by atoms with Crippen LogP contribution in [0.15, 0.2) is 40.3 Å². The summed E-state index contributed by atoms with van der Waals surface area (Å²) < 4.78 is 0.937. The van der Waals surface area contributed by atoms with E-state index in [0.29, 0.717) is 4.88 Å². The van der Waals surface area contributed by atoms with Crippen LogP contribution in [0.4, 0.5) is 5.69 Å². The lowest BCUT2D eigenvalue weighted by atomic mass is 10.2. The number of aromatic nitrogens is 2. The zero-order valence-corrected chi connectivity index (χ0v) is 11.5. The molecule has 6 heteroatoms. The number of carbonyl (C=O) groups is 1. The summed E-state index contributed by atoms with van der Waals surface area (Å²) in [6.45, 7) is 0. The molecule has 0 fully saturated rings. The molecule has 0 bridgehead atoms. The predicted octanol–water partition coefficient (Wildman–Crippen LogP) is 3.64. The molecule has 3 rings (SSSR count). The van der Waals surface area contributed by atoms with Crippen LogP contribution >= 0.6 is 27.3 Å². The van der Waals surface area contributed by atoms with Crippen molar-refractivity contribution in [2.24, 2.45) is 0 Å². The van der Waals surface area contributed by atoms with Gasteiger partial charge in [0.15, 0.2) is 0 Å². The number of hydrogen-bond acceptors (Lipinski definition) is 3. The number of amides is 1. The topological polar surface area (TPSA) is 57.8 Å². The lowest BCUT2D eigenvalue weighted by molar-refractivity contribution is 0.103. The van der Waals surface area contributed by atoms with E-state index in [4.69, 9.17) is 0 Å². The molecule has 4 nitrogen and oxygen atoms in total. The summed E-state index contributed by atoms with van der Waals surface area (Å²) in [5.74, 6) is -0.118. The second-order valence-corrected chi connectivity index (χ2v) is 6.16. The van der Waals surface area contributed by atoms with E-state index < -0.39 is 0 Å². The van der Waals surface area contributed by atoms with E-state index in [2.05, 4.69) is 31.4 Å². The first kappa shape index (κ1) is 11.4. The summed E-state index contributed by atoms with van der Waals surface area (Å²) in [6, 6.07) is 9.32. The summed E-state index contributed by atoms with van der Waals surface area (Å²) in [7, 11) is 0. The largest absolute Gasteiger partial charge is 0.319 e. The van der Waals surface area contributed by atoms with Crippen molar-refractivity contribution in [1.29, 1.82) is 0 Å². The number of hydrogen-bond donors (Lipinski definition) is 2. The summed E-state index contributed by atoms with van der Waals surface area (Å²) in [4.78, 5) is 12.7. The maximum absolute atomic E-state index is 12.0. The lowest BCUT2D eigenvalue weighted by Gasteiger charge is -2.04. The molecule has 2 aromatic heterocycles. The molecule has 0 aliphatic carbocycles. The van der Waals surface area contributed by atoms with E-state index in [1.165, 1.54) is 11.3 Å². The molecule has 0 radical (unpaired) electrons. The molecule has 90 valence electrons. The molecular formula is C12H8BrN3OS. The molecule has 0 saturated heterocycles. The van der Waals surface area contributed by atoms with Crippen molar-refractivity contribution in [3.8, 4) is 0 Å². The van der Waals surface area contributed by atoms with Gasteiger partial charge in [-0.2, -0.15) is 5.10 Å². The van der Waals surface area contributed by atoms with Gasteiger partial charge >= 0.3 is 0 Å². The van der Waals surface area contributed by atoms with E-state index >= 15 is 0 Å². The minimum Gasteiger partial charge on any atom is -0.319 e. The highest BCUT2D eigenvalue weighted by Crippen LogP contribution is 2.25. The summed E-state index contributed by atoms with van der Waals surface area (Å²) in [5.41, 5.74) is 1.57. The number of thiophene rings is 1. The minimum absolute atomic E-state index is 0.118. The highest BCUT2D eigenvalue weighted by Gasteiger charge is 2.11. The number of H-pyrrole nitrogens is 1. The van der Waals surface area contributed by atoms with Gasteiger partial charge in [0.05, 0.1) is 26.1 Å². The fourth-order valence-corrected chi connectivity index (χ4v) is 2.97. The van der Waals surface area contributed by atoms with Crippen LogP contribution in [0.5, 0.6) is 0 Å². The maximum atomic E-state index is 12.0. The van der Waals surface area contributed by atoms with Crippen LogP contribution in [0.1, 0.15) is 9.67 Å². The Morgan fingerprint density at radius 3 is 3.00 bits per heavy atom. The van der Waals surface area contributed by atoms with Crippen LogP contribution in [-0.4, -0.2) is 16.1 Å². The van der Waals surface area contributed by atoms with Crippen LogP contribution in [0, 0.1) is 0 Å². The molecule has 2 N–H and O–H groups in total. The maximum Gasteiger partial charge on any atom is 0.265 e. The Morgan fingerprint density at radius 2 is 2.22 bits per heavy atom. The highest BCUT2D eigenvalue weighted by molar-refractivity contribution is 9.11. The number of nitrogens with zero attached hydrogens (tertiary/aromatic N) is 1. The molecular weight excluding hydrogens is 314 g/mol. The number of halogens is 1. The van der Waals surface area contributed by atoms with Gasteiger partial charge in [0.2, 0.25) is 0 Å². The van der Waals surface area contributed by atoms with Gasteiger partial charge in [0.1, 0.15) is 0 Å². The van der Waals surface area contributed by atoms with Crippen molar-refractivity contribution in [3.05, 3.63) is 45.2 Å². The summed E-state index contributed by atoms with van der Waals surface area (Å²) in [5, 5.41) is 10.7. The Morgan fingerprint density at radius 1 is 1.33 bits per heavy atom. The predicted molar refractivity (Wildman–Crippen MR) is 76.1 cm³/mol. The van der Waals surface area contributed by atoms with Crippen molar-refractivity contribution >= 4 is 49.8 Å². The van der Waals surface area contributed by atoms with Crippen molar-refractivity contribution < 1.29 is 4.79 Å². The van der Waals surface area contributed by atoms with Gasteiger partial charge < -0.3 is 5.32 Å². The number of anilines is 1. The highest BCUT2D eigenvalue weighted by atomic mass is 79.9. The molecule has 0 spiro atoms. The van der Waals surface area contributed by atoms with Gasteiger partial charge in [0.25, 0.3) is 5.91 Å². The number of para-hydroxylation sites is 1. The number of carbonyl (C=O) groups excluding carboxylic acids is 1. The Hall–Kier alpha value is -1.66. The fraction of sp³-hybridized carbons (Fsp3) is 0. The fourth-order valence-electron chi connectivity index (χ4n) is 1.69. The zero-order chi connectivity index (χ0) is 12.5. The van der Waals surface area contributed by atoms with E-state index in [1.54, 1.807) is 12.3 Å². The average Bonchev–Trinajstić information content (AvgIpc) is 2.97. The van der Waals surface area contributed by atoms with Crippen LogP contribution in [0.2, 0.25) is 0 Å². The Bertz CT molecular complexity index is 719. The van der Waals surface area contributed by atoms with Crippen molar-refractivity contribution in [1.82, 2.24) is 10.2 Å². The van der Waals surface area contributed by atoms with Gasteiger partial charge in [-0.25, -0.2) is 0 Å². The molecule has 2 heterocycles. The number of fused-ring (bicyclic) bond motifs is 1. The van der Waals surface area contributed by atoms with Crippen molar-refractivity contribution in [2.45, 2.75) is 0 Å². The molecule has 3 aromatic rings. The van der Waals surface area contributed by atoms with Crippen molar-refractivity contribution in [2.75, 3.05) is 5.32 Å². The first-order valence-electron chi connectivity index (χ1n) is 5.23. The van der Waals surface area contributed by atoms with Gasteiger partial charge in [-0.05, 0) is 34.1 Å². The van der Waals surface area contributed by atoms with Crippen LogP contribution in [0.25, 0.3) is 10.9 Å². The van der Waals surface area contributed by atoms with E-state index in [1.807, 2.05) is 24.3 Å². The Kier molecular flexibility index (Phi) is 2.89. The van der Waals surface area contributed by atoms with Crippen LogP contribution in [-0.2, 0) is 0 Å². The third kappa shape index (κ3) is 2.04. The second kappa shape index (κ2) is 4.55. The van der Waals surface area contributed by atoms with Gasteiger partial charge in [-0.1, -0.05) is 12.1 Å². The summed E-state index contributed by atoms with van der Waals surface area (Å²) >= 11 is 4.74. The second-order valence-electron chi connectivity index (χ2n) is 3.70. The van der Waals surface area contributed by atoms with E-state index in [-0.39, 0.29) is 5.91 Å². The number of benzene rings is 1. The van der Waals surface area contributed by atoms with Crippen LogP contribution < -0.4 is 5.32 Å². The Balaban J connectivity index is 1.92. The zero-order valence-electron chi connectivity index (χ0n) is 9.11. The molecule has 0 saturated carbocycles. The third-order valence-electron chi connectivity index (χ3n) is 2.52. The van der Waals surface area contributed by atoms with Gasteiger partial charge in [-0.3, -0.25) is 9.89 Å². The Labute approximate surface area is 115 Å². The van der Waals surface area contributed by atoms with Crippen LogP contribution in [0.3, 0.4) is 0 Å². The molecule has 18 heavy (non-hydrogen) atoms.